The van der Waals surface area contributed by atoms with E-state index < -0.39 is 11.7 Å². The van der Waals surface area contributed by atoms with Gasteiger partial charge in [0.05, 0.1) is 19.3 Å². The SMILES string of the molecule is COc1cccc(F)c1-c1cccn2c(N)c(C(=O)NCCO)nc12. The number of aliphatic hydroxyl groups excluding tert-OH is 1. The van der Waals surface area contributed by atoms with Gasteiger partial charge in [-0.25, -0.2) is 9.37 Å². The van der Waals surface area contributed by atoms with Crippen LogP contribution in [-0.2, 0) is 0 Å². The zero-order valence-corrected chi connectivity index (χ0v) is 13.5. The second-order valence-corrected chi connectivity index (χ2v) is 5.26. The number of pyridine rings is 1. The number of aliphatic hydroxyl groups is 1. The van der Waals surface area contributed by atoms with Gasteiger partial charge in [-0.2, -0.15) is 0 Å². The number of nitrogens with one attached hydrogen (secondary N) is 1. The molecule has 0 radical (unpaired) electrons. The van der Waals surface area contributed by atoms with Crippen molar-refractivity contribution in [1.29, 1.82) is 0 Å². The second kappa shape index (κ2) is 6.78. The molecule has 3 aromatic rings. The summed E-state index contributed by atoms with van der Waals surface area (Å²) in [7, 11) is 1.45. The third kappa shape index (κ3) is 2.87. The molecule has 0 saturated heterocycles. The summed E-state index contributed by atoms with van der Waals surface area (Å²) in [5, 5.41) is 11.3. The van der Waals surface area contributed by atoms with Gasteiger partial charge >= 0.3 is 0 Å². The predicted molar refractivity (Wildman–Crippen MR) is 91.0 cm³/mol. The van der Waals surface area contributed by atoms with Crippen LogP contribution in [0.25, 0.3) is 16.8 Å². The lowest BCUT2D eigenvalue weighted by atomic mass is 10.1. The van der Waals surface area contributed by atoms with Gasteiger partial charge in [-0.3, -0.25) is 9.20 Å². The number of hydrogen-bond donors (Lipinski definition) is 3. The molecule has 0 unspecified atom stereocenters. The molecule has 0 aliphatic heterocycles. The number of carbonyl (C=O) groups is 1. The molecule has 0 aliphatic rings. The molecule has 0 spiro atoms. The Kier molecular flexibility index (Phi) is 4.53. The maximum Gasteiger partial charge on any atom is 0.273 e. The van der Waals surface area contributed by atoms with Crippen molar-refractivity contribution in [3.8, 4) is 16.9 Å². The highest BCUT2D eigenvalue weighted by atomic mass is 19.1. The van der Waals surface area contributed by atoms with Gasteiger partial charge < -0.3 is 20.9 Å². The number of aromatic nitrogens is 2. The highest BCUT2D eigenvalue weighted by Gasteiger charge is 2.21. The lowest BCUT2D eigenvalue weighted by molar-refractivity contribution is 0.0941. The zero-order valence-electron chi connectivity index (χ0n) is 13.5. The Hall–Kier alpha value is -3.13. The van der Waals surface area contributed by atoms with Gasteiger partial charge in [-0.15, -0.1) is 0 Å². The molecule has 7 nitrogen and oxygen atoms in total. The Morgan fingerprint density at radius 3 is 2.92 bits per heavy atom. The number of amides is 1. The number of ether oxygens (including phenoxy) is 1. The molecule has 0 atom stereocenters. The molecule has 1 amide bonds. The molecular weight excluding hydrogens is 327 g/mol. The van der Waals surface area contributed by atoms with Crippen LogP contribution < -0.4 is 15.8 Å². The van der Waals surface area contributed by atoms with Crippen LogP contribution in [0.15, 0.2) is 36.5 Å². The molecular formula is C17H17FN4O3. The number of hydrogen-bond acceptors (Lipinski definition) is 5. The topological polar surface area (TPSA) is 102 Å². The molecule has 0 aliphatic carbocycles. The number of benzene rings is 1. The summed E-state index contributed by atoms with van der Waals surface area (Å²) in [6.45, 7) is -0.114. The number of anilines is 1. The summed E-state index contributed by atoms with van der Waals surface area (Å²) in [4.78, 5) is 16.4. The molecule has 25 heavy (non-hydrogen) atoms. The van der Waals surface area contributed by atoms with Crippen LogP contribution in [0.2, 0.25) is 0 Å². The highest BCUT2D eigenvalue weighted by molar-refractivity contribution is 5.99. The van der Waals surface area contributed by atoms with Crippen molar-refractivity contribution < 1.29 is 19.0 Å². The predicted octanol–water partition coefficient (Wildman–Crippen LogP) is 1.45. The summed E-state index contributed by atoms with van der Waals surface area (Å²) >= 11 is 0. The highest BCUT2D eigenvalue weighted by Crippen LogP contribution is 2.35. The van der Waals surface area contributed by atoms with E-state index in [1.54, 1.807) is 30.5 Å². The summed E-state index contributed by atoms with van der Waals surface area (Å²) in [6.07, 6.45) is 1.64. The van der Waals surface area contributed by atoms with Gasteiger partial charge in [0.15, 0.2) is 5.69 Å². The van der Waals surface area contributed by atoms with Crippen molar-refractivity contribution in [1.82, 2.24) is 14.7 Å². The lowest BCUT2D eigenvalue weighted by Crippen LogP contribution is -2.27. The third-order valence-electron chi connectivity index (χ3n) is 3.76. The molecule has 0 bridgehead atoms. The number of fused-ring (bicyclic) bond motifs is 1. The quantitative estimate of drug-likeness (QED) is 0.650. The Morgan fingerprint density at radius 1 is 1.40 bits per heavy atom. The lowest BCUT2D eigenvalue weighted by Gasteiger charge is -2.10. The first-order chi connectivity index (χ1) is 12.1. The van der Waals surface area contributed by atoms with E-state index in [0.29, 0.717) is 17.0 Å². The molecule has 0 fully saturated rings. The average Bonchev–Trinajstić information content (AvgIpc) is 2.96. The molecule has 2 heterocycles. The van der Waals surface area contributed by atoms with E-state index in [1.807, 2.05) is 0 Å². The number of nitrogen functional groups attached to an aromatic ring is 1. The Morgan fingerprint density at radius 2 is 2.20 bits per heavy atom. The van der Waals surface area contributed by atoms with Gasteiger partial charge in [0.2, 0.25) is 0 Å². The number of imidazole rings is 1. The third-order valence-corrected chi connectivity index (χ3v) is 3.76. The molecule has 8 heteroatoms. The number of rotatable bonds is 5. The van der Waals surface area contributed by atoms with Crippen molar-refractivity contribution in [3.05, 3.63) is 48.0 Å². The van der Waals surface area contributed by atoms with Crippen LogP contribution in [-0.4, -0.2) is 40.7 Å². The van der Waals surface area contributed by atoms with Crippen LogP contribution >= 0.6 is 0 Å². The summed E-state index contributed by atoms with van der Waals surface area (Å²) in [5.41, 5.74) is 7.05. The van der Waals surface area contributed by atoms with Crippen molar-refractivity contribution >= 4 is 17.4 Å². The Bertz CT molecular complexity index is 939. The number of nitrogens with two attached hydrogens (primary N) is 1. The average molecular weight is 344 g/mol. The van der Waals surface area contributed by atoms with E-state index in [0.717, 1.165) is 0 Å². The molecule has 1 aromatic carbocycles. The van der Waals surface area contributed by atoms with Gasteiger partial charge in [-0.1, -0.05) is 6.07 Å². The van der Waals surface area contributed by atoms with E-state index in [4.69, 9.17) is 15.6 Å². The van der Waals surface area contributed by atoms with E-state index in [9.17, 15) is 9.18 Å². The summed E-state index contributed by atoms with van der Waals surface area (Å²) in [5.74, 6) is -0.509. The van der Waals surface area contributed by atoms with E-state index in [-0.39, 0.29) is 30.2 Å². The fourth-order valence-corrected chi connectivity index (χ4v) is 2.64. The van der Waals surface area contributed by atoms with Crippen LogP contribution in [0.5, 0.6) is 5.75 Å². The van der Waals surface area contributed by atoms with Crippen molar-refractivity contribution in [3.63, 3.8) is 0 Å². The van der Waals surface area contributed by atoms with E-state index in [2.05, 4.69) is 10.3 Å². The Balaban J connectivity index is 2.21. The fraction of sp³-hybridized carbons (Fsp3) is 0.176. The number of carbonyl (C=O) groups excluding carboxylic acids is 1. The largest absolute Gasteiger partial charge is 0.496 e. The first-order valence-corrected chi connectivity index (χ1v) is 7.57. The molecule has 2 aromatic heterocycles. The van der Waals surface area contributed by atoms with Crippen molar-refractivity contribution in [2.45, 2.75) is 0 Å². The number of methoxy groups -OCH3 is 1. The summed E-state index contributed by atoms with van der Waals surface area (Å²) in [6, 6.07) is 7.87. The van der Waals surface area contributed by atoms with Gasteiger partial charge in [0.1, 0.15) is 23.0 Å². The molecule has 0 saturated carbocycles. The van der Waals surface area contributed by atoms with Crippen LogP contribution in [0, 0.1) is 5.82 Å². The molecule has 3 rings (SSSR count). The second-order valence-electron chi connectivity index (χ2n) is 5.26. The smallest absolute Gasteiger partial charge is 0.273 e. The van der Waals surface area contributed by atoms with Gasteiger partial charge in [0.25, 0.3) is 5.91 Å². The minimum absolute atomic E-state index is 0.0104. The first kappa shape index (κ1) is 16.7. The fourth-order valence-electron chi connectivity index (χ4n) is 2.64. The minimum Gasteiger partial charge on any atom is -0.496 e. The first-order valence-electron chi connectivity index (χ1n) is 7.57. The maximum absolute atomic E-state index is 14.4. The summed E-state index contributed by atoms with van der Waals surface area (Å²) < 4.78 is 21.2. The molecule has 130 valence electrons. The Labute approximate surface area is 142 Å². The van der Waals surface area contributed by atoms with E-state index >= 15 is 0 Å². The number of nitrogens with zero attached hydrogens (tertiary/aromatic N) is 2. The van der Waals surface area contributed by atoms with Gasteiger partial charge in [-0.05, 0) is 24.3 Å². The van der Waals surface area contributed by atoms with Crippen LogP contribution in [0.3, 0.4) is 0 Å². The standard InChI is InChI=1S/C17H17FN4O3/c1-25-12-6-2-5-11(18)13(12)10-4-3-8-22-15(19)14(21-16(10)22)17(24)20-7-9-23/h2-6,8,23H,7,9,19H2,1H3,(H,20,24). The number of halogens is 1. The minimum atomic E-state index is -0.512. The van der Waals surface area contributed by atoms with Crippen LogP contribution in [0.1, 0.15) is 10.5 Å². The normalized spacial score (nSPS) is 10.8. The maximum atomic E-state index is 14.4. The van der Waals surface area contributed by atoms with Gasteiger partial charge in [0, 0.05) is 18.3 Å². The van der Waals surface area contributed by atoms with Crippen LogP contribution in [0.4, 0.5) is 10.2 Å². The zero-order chi connectivity index (χ0) is 18.0. The van der Waals surface area contributed by atoms with Crippen molar-refractivity contribution in [2.24, 2.45) is 0 Å². The molecule has 4 N–H and O–H groups in total. The monoisotopic (exact) mass is 344 g/mol. The van der Waals surface area contributed by atoms with E-state index in [1.165, 1.54) is 17.6 Å². The van der Waals surface area contributed by atoms with Crippen molar-refractivity contribution in [2.75, 3.05) is 26.0 Å².